The lowest BCUT2D eigenvalue weighted by atomic mass is 9.99. The number of benzene rings is 2. The van der Waals surface area contributed by atoms with E-state index in [1.807, 2.05) is 0 Å². The summed E-state index contributed by atoms with van der Waals surface area (Å²) < 4.78 is 0. The normalized spacial score (nSPS) is 17.9. The van der Waals surface area contributed by atoms with Crippen molar-refractivity contribution in [1.29, 1.82) is 0 Å². The zero-order chi connectivity index (χ0) is 11.0. The number of hydrogen-bond acceptors (Lipinski definition) is 1. The molecule has 16 heavy (non-hydrogen) atoms. The quantitative estimate of drug-likeness (QED) is 0.755. The van der Waals surface area contributed by atoms with E-state index in [1.54, 1.807) is 0 Å². The van der Waals surface area contributed by atoms with Gasteiger partial charge >= 0.3 is 0 Å². The van der Waals surface area contributed by atoms with Crippen molar-refractivity contribution in [2.45, 2.75) is 19.4 Å². The number of rotatable bonds is 1. The van der Waals surface area contributed by atoms with Gasteiger partial charge in [0.05, 0.1) is 6.04 Å². The Balaban J connectivity index is 1.95. The number of aryl methyl sites for hydroxylation is 1. The molecule has 1 aliphatic heterocycles. The number of anilines is 1. The first-order valence-electron chi connectivity index (χ1n) is 5.74. The van der Waals surface area contributed by atoms with E-state index < -0.39 is 0 Å². The summed E-state index contributed by atoms with van der Waals surface area (Å²) in [6.45, 7) is 2.18. The fraction of sp³-hybridized carbons (Fsp3) is 0.200. The van der Waals surface area contributed by atoms with E-state index in [0.717, 1.165) is 6.42 Å². The van der Waals surface area contributed by atoms with Crippen LogP contribution in [0.3, 0.4) is 0 Å². The number of nitrogens with one attached hydrogen (secondary N) is 1. The summed E-state index contributed by atoms with van der Waals surface area (Å²) in [6.07, 6.45) is 1.10. The van der Waals surface area contributed by atoms with Crippen LogP contribution in [0.5, 0.6) is 0 Å². The maximum absolute atomic E-state index is 3.59. The zero-order valence-corrected chi connectivity index (χ0v) is 9.40. The summed E-state index contributed by atoms with van der Waals surface area (Å²) in [5, 5.41) is 3.59. The third kappa shape index (κ3) is 1.49. The van der Waals surface area contributed by atoms with Crippen molar-refractivity contribution in [1.82, 2.24) is 0 Å². The largest absolute Gasteiger partial charge is 0.378 e. The van der Waals surface area contributed by atoms with Crippen LogP contribution in [0.2, 0.25) is 0 Å². The molecule has 0 aromatic heterocycles. The van der Waals surface area contributed by atoms with E-state index in [1.165, 1.54) is 22.4 Å². The van der Waals surface area contributed by atoms with Crippen LogP contribution in [0.4, 0.5) is 5.69 Å². The second-order valence-electron chi connectivity index (χ2n) is 4.41. The van der Waals surface area contributed by atoms with Crippen LogP contribution in [0.1, 0.15) is 22.7 Å². The van der Waals surface area contributed by atoms with Crippen molar-refractivity contribution in [3.8, 4) is 0 Å². The lowest BCUT2D eigenvalue weighted by Gasteiger charge is -2.14. The summed E-state index contributed by atoms with van der Waals surface area (Å²) in [4.78, 5) is 0. The molecular weight excluding hydrogens is 194 g/mol. The van der Waals surface area contributed by atoms with Gasteiger partial charge in [0, 0.05) is 5.69 Å². The van der Waals surface area contributed by atoms with Crippen LogP contribution >= 0.6 is 0 Å². The Kier molecular flexibility index (Phi) is 2.17. The van der Waals surface area contributed by atoms with Crippen LogP contribution in [0.15, 0.2) is 48.5 Å². The Bertz CT molecular complexity index is 491. The van der Waals surface area contributed by atoms with Crippen LogP contribution in [0.25, 0.3) is 0 Å². The van der Waals surface area contributed by atoms with Gasteiger partial charge in [-0.25, -0.2) is 0 Å². The SMILES string of the molecule is Cc1ccccc1[C@@H]1Cc2ccccc2N1. The summed E-state index contributed by atoms with van der Waals surface area (Å²) >= 11 is 0. The average Bonchev–Trinajstić information content (AvgIpc) is 2.73. The Labute approximate surface area is 96.1 Å². The molecule has 0 radical (unpaired) electrons. The molecule has 80 valence electrons. The summed E-state index contributed by atoms with van der Waals surface area (Å²) in [5.41, 5.74) is 5.50. The molecule has 0 unspecified atom stereocenters. The first-order chi connectivity index (χ1) is 7.84. The molecule has 2 aromatic carbocycles. The molecule has 1 nitrogen and oxygen atoms in total. The predicted octanol–water partition coefficient (Wildman–Crippen LogP) is 3.70. The van der Waals surface area contributed by atoms with Crippen molar-refractivity contribution in [3.63, 3.8) is 0 Å². The number of fused-ring (bicyclic) bond motifs is 1. The van der Waals surface area contributed by atoms with Crippen molar-refractivity contribution in [3.05, 3.63) is 65.2 Å². The molecule has 0 spiro atoms. The molecule has 0 aliphatic carbocycles. The van der Waals surface area contributed by atoms with Gasteiger partial charge in [0.15, 0.2) is 0 Å². The molecule has 1 heterocycles. The Hall–Kier alpha value is -1.76. The third-order valence-corrected chi connectivity index (χ3v) is 3.34. The highest BCUT2D eigenvalue weighted by Crippen LogP contribution is 2.34. The summed E-state index contributed by atoms with van der Waals surface area (Å²) in [5.74, 6) is 0. The fourth-order valence-corrected chi connectivity index (χ4v) is 2.46. The Morgan fingerprint density at radius 1 is 1.00 bits per heavy atom. The molecule has 0 amide bonds. The second kappa shape index (κ2) is 3.67. The first-order valence-corrected chi connectivity index (χ1v) is 5.74. The van der Waals surface area contributed by atoms with Gasteiger partial charge in [-0.1, -0.05) is 42.5 Å². The molecule has 3 rings (SSSR count). The second-order valence-corrected chi connectivity index (χ2v) is 4.41. The van der Waals surface area contributed by atoms with Gasteiger partial charge in [0.1, 0.15) is 0 Å². The van der Waals surface area contributed by atoms with Gasteiger partial charge in [-0.05, 0) is 36.1 Å². The van der Waals surface area contributed by atoms with Crippen LogP contribution < -0.4 is 5.32 Å². The van der Waals surface area contributed by atoms with E-state index in [0.29, 0.717) is 6.04 Å². The molecule has 1 N–H and O–H groups in total. The topological polar surface area (TPSA) is 12.0 Å². The lowest BCUT2D eigenvalue weighted by molar-refractivity contribution is 0.816. The minimum atomic E-state index is 0.443. The van der Waals surface area contributed by atoms with Crippen molar-refractivity contribution >= 4 is 5.69 Å². The summed E-state index contributed by atoms with van der Waals surface area (Å²) in [7, 11) is 0. The minimum Gasteiger partial charge on any atom is -0.378 e. The minimum absolute atomic E-state index is 0.443. The predicted molar refractivity (Wildman–Crippen MR) is 67.7 cm³/mol. The third-order valence-electron chi connectivity index (χ3n) is 3.34. The Morgan fingerprint density at radius 2 is 1.75 bits per heavy atom. The highest BCUT2D eigenvalue weighted by atomic mass is 14.9. The fourth-order valence-electron chi connectivity index (χ4n) is 2.46. The van der Waals surface area contributed by atoms with Crippen LogP contribution in [-0.2, 0) is 6.42 Å². The summed E-state index contributed by atoms with van der Waals surface area (Å²) in [6, 6.07) is 17.6. The molecule has 1 aliphatic rings. The highest BCUT2D eigenvalue weighted by molar-refractivity contribution is 5.58. The van der Waals surface area contributed by atoms with Gasteiger partial charge in [0.25, 0.3) is 0 Å². The number of hydrogen-bond donors (Lipinski definition) is 1. The highest BCUT2D eigenvalue weighted by Gasteiger charge is 2.22. The van der Waals surface area contributed by atoms with E-state index in [9.17, 15) is 0 Å². The smallest absolute Gasteiger partial charge is 0.0557 e. The molecule has 0 bridgehead atoms. The van der Waals surface area contributed by atoms with E-state index in [-0.39, 0.29) is 0 Å². The van der Waals surface area contributed by atoms with Gasteiger partial charge in [-0.3, -0.25) is 0 Å². The van der Waals surface area contributed by atoms with Crippen molar-refractivity contribution < 1.29 is 0 Å². The van der Waals surface area contributed by atoms with Gasteiger partial charge in [-0.15, -0.1) is 0 Å². The van der Waals surface area contributed by atoms with E-state index in [2.05, 4.69) is 60.8 Å². The molecule has 0 saturated heterocycles. The standard InChI is InChI=1S/C15H15N/c1-11-6-2-4-8-13(11)15-10-12-7-3-5-9-14(12)16-15/h2-9,15-16H,10H2,1H3/t15-/m0/s1. The number of para-hydroxylation sites is 1. The van der Waals surface area contributed by atoms with Gasteiger partial charge < -0.3 is 5.32 Å². The van der Waals surface area contributed by atoms with Crippen LogP contribution in [0, 0.1) is 6.92 Å². The van der Waals surface area contributed by atoms with E-state index >= 15 is 0 Å². The molecule has 1 atom stereocenters. The zero-order valence-electron chi connectivity index (χ0n) is 9.40. The Morgan fingerprint density at radius 3 is 2.56 bits per heavy atom. The van der Waals surface area contributed by atoms with Crippen LogP contribution in [-0.4, -0.2) is 0 Å². The van der Waals surface area contributed by atoms with Gasteiger partial charge in [0.2, 0.25) is 0 Å². The molecule has 2 aromatic rings. The van der Waals surface area contributed by atoms with Crippen molar-refractivity contribution in [2.24, 2.45) is 0 Å². The van der Waals surface area contributed by atoms with E-state index in [4.69, 9.17) is 0 Å². The maximum Gasteiger partial charge on any atom is 0.0557 e. The lowest BCUT2D eigenvalue weighted by Crippen LogP contribution is -2.07. The average molecular weight is 209 g/mol. The molecular formula is C15H15N. The van der Waals surface area contributed by atoms with Gasteiger partial charge in [-0.2, -0.15) is 0 Å². The monoisotopic (exact) mass is 209 g/mol. The van der Waals surface area contributed by atoms with Crippen molar-refractivity contribution in [2.75, 3.05) is 5.32 Å². The maximum atomic E-state index is 3.59. The molecule has 0 fully saturated rings. The molecule has 1 heteroatoms. The molecule has 0 saturated carbocycles. The first kappa shape index (κ1) is 9.46.